The molecule has 6 nitrogen and oxygen atoms in total. The lowest BCUT2D eigenvalue weighted by Gasteiger charge is -2.19. The van der Waals surface area contributed by atoms with Gasteiger partial charge in [-0.1, -0.05) is 0 Å². The number of carbonyl (C=O) groups excluding carboxylic acids is 1. The molecule has 0 aromatic heterocycles. The minimum Gasteiger partial charge on any atom is -0.481 e. The number of rotatable bonds is 4. The number of likely N-dealkylation sites (N-methyl/N-ethyl adjacent to an activating group) is 1. The Morgan fingerprint density at radius 2 is 1.94 bits per heavy atom. The van der Waals surface area contributed by atoms with Crippen molar-refractivity contribution in [2.45, 2.75) is 25.7 Å². The standard InChI is InChI=1S/C12H17NO5/c1-13(6-9(14)15)10(16)7-2-3-12(4-7)5-8(12)11(17)18/h7-8H,2-6H2,1H3,(H,14,15)(H,17,18). The summed E-state index contributed by atoms with van der Waals surface area (Å²) in [6.07, 6.45) is 2.69. The van der Waals surface area contributed by atoms with Crippen molar-refractivity contribution in [2.24, 2.45) is 17.3 Å². The van der Waals surface area contributed by atoms with Crippen LogP contribution in [0.15, 0.2) is 0 Å². The lowest BCUT2D eigenvalue weighted by atomic mass is 9.99. The fourth-order valence-corrected chi connectivity index (χ4v) is 3.16. The van der Waals surface area contributed by atoms with Crippen molar-refractivity contribution in [2.75, 3.05) is 13.6 Å². The molecule has 6 heteroatoms. The second-order valence-electron chi connectivity index (χ2n) is 5.49. The Morgan fingerprint density at radius 3 is 2.44 bits per heavy atom. The van der Waals surface area contributed by atoms with E-state index in [0.717, 1.165) is 6.42 Å². The summed E-state index contributed by atoms with van der Waals surface area (Å²) >= 11 is 0. The smallest absolute Gasteiger partial charge is 0.323 e. The highest BCUT2D eigenvalue weighted by Gasteiger charge is 2.62. The second kappa shape index (κ2) is 4.26. The quantitative estimate of drug-likeness (QED) is 0.759. The average molecular weight is 255 g/mol. The van der Waals surface area contributed by atoms with Crippen LogP contribution in [0.3, 0.4) is 0 Å². The maximum Gasteiger partial charge on any atom is 0.323 e. The number of amides is 1. The Labute approximate surface area is 105 Å². The SMILES string of the molecule is CN(CC(=O)O)C(=O)C1CCC2(C1)CC2C(=O)O. The molecule has 100 valence electrons. The summed E-state index contributed by atoms with van der Waals surface area (Å²) in [4.78, 5) is 34.6. The van der Waals surface area contributed by atoms with Crippen LogP contribution in [0, 0.1) is 17.3 Å². The Bertz CT molecular complexity index is 407. The van der Waals surface area contributed by atoms with Gasteiger partial charge in [-0.15, -0.1) is 0 Å². The van der Waals surface area contributed by atoms with E-state index in [2.05, 4.69) is 0 Å². The van der Waals surface area contributed by atoms with Crippen molar-refractivity contribution in [1.82, 2.24) is 4.90 Å². The molecule has 2 rings (SSSR count). The van der Waals surface area contributed by atoms with Crippen LogP contribution in [0.4, 0.5) is 0 Å². The second-order valence-corrected chi connectivity index (χ2v) is 5.49. The van der Waals surface area contributed by atoms with Gasteiger partial charge in [-0.05, 0) is 31.1 Å². The summed E-state index contributed by atoms with van der Waals surface area (Å²) in [5, 5.41) is 17.6. The third-order valence-corrected chi connectivity index (χ3v) is 4.23. The number of carboxylic acids is 2. The number of aliphatic carboxylic acids is 2. The molecule has 0 bridgehead atoms. The fourth-order valence-electron chi connectivity index (χ4n) is 3.16. The fraction of sp³-hybridized carbons (Fsp3) is 0.750. The van der Waals surface area contributed by atoms with E-state index in [4.69, 9.17) is 10.2 Å². The molecular formula is C12H17NO5. The number of hydrogen-bond acceptors (Lipinski definition) is 3. The van der Waals surface area contributed by atoms with Crippen LogP contribution >= 0.6 is 0 Å². The topological polar surface area (TPSA) is 94.9 Å². The van der Waals surface area contributed by atoms with Crippen molar-refractivity contribution < 1.29 is 24.6 Å². The van der Waals surface area contributed by atoms with Gasteiger partial charge in [0.1, 0.15) is 6.54 Å². The zero-order valence-electron chi connectivity index (χ0n) is 10.3. The van der Waals surface area contributed by atoms with Crippen molar-refractivity contribution >= 4 is 17.8 Å². The van der Waals surface area contributed by atoms with Crippen LogP contribution in [0.2, 0.25) is 0 Å². The third-order valence-electron chi connectivity index (χ3n) is 4.23. The van der Waals surface area contributed by atoms with Gasteiger partial charge in [0.25, 0.3) is 0 Å². The first kappa shape index (κ1) is 12.9. The molecule has 1 spiro atoms. The molecule has 3 atom stereocenters. The molecule has 0 aromatic rings. The molecule has 3 unspecified atom stereocenters. The average Bonchev–Trinajstić information content (AvgIpc) is 2.79. The molecule has 18 heavy (non-hydrogen) atoms. The molecule has 0 aliphatic heterocycles. The number of carboxylic acid groups (broad SMARTS) is 2. The zero-order valence-corrected chi connectivity index (χ0v) is 10.3. The third kappa shape index (κ3) is 2.19. The summed E-state index contributed by atoms with van der Waals surface area (Å²) < 4.78 is 0. The van der Waals surface area contributed by atoms with Crippen LogP contribution < -0.4 is 0 Å². The first-order chi connectivity index (χ1) is 8.35. The zero-order chi connectivity index (χ0) is 13.5. The van der Waals surface area contributed by atoms with Gasteiger partial charge in [0, 0.05) is 13.0 Å². The molecule has 0 aromatic carbocycles. The Kier molecular flexibility index (Phi) is 3.04. The van der Waals surface area contributed by atoms with E-state index in [1.807, 2.05) is 0 Å². The van der Waals surface area contributed by atoms with Gasteiger partial charge in [-0.25, -0.2) is 0 Å². The predicted octanol–water partition coefficient (Wildman–Crippen LogP) is 0.420. The maximum atomic E-state index is 12.0. The van der Waals surface area contributed by atoms with E-state index in [9.17, 15) is 14.4 Å². The van der Waals surface area contributed by atoms with Crippen LogP contribution in [0.25, 0.3) is 0 Å². The predicted molar refractivity (Wildman–Crippen MR) is 60.8 cm³/mol. The molecule has 1 amide bonds. The highest BCUT2D eigenvalue weighted by Crippen LogP contribution is 2.64. The first-order valence-electron chi connectivity index (χ1n) is 6.05. The lowest BCUT2D eigenvalue weighted by Crippen LogP contribution is -2.36. The van der Waals surface area contributed by atoms with Crippen molar-refractivity contribution in [3.05, 3.63) is 0 Å². The molecule has 2 saturated carbocycles. The molecular weight excluding hydrogens is 238 g/mol. The molecule has 0 saturated heterocycles. The Morgan fingerprint density at radius 1 is 1.28 bits per heavy atom. The molecule has 2 fully saturated rings. The monoisotopic (exact) mass is 255 g/mol. The van der Waals surface area contributed by atoms with E-state index in [0.29, 0.717) is 19.3 Å². The number of nitrogens with zero attached hydrogens (tertiary/aromatic N) is 1. The van der Waals surface area contributed by atoms with E-state index in [1.165, 1.54) is 11.9 Å². The first-order valence-corrected chi connectivity index (χ1v) is 6.05. The molecule has 0 radical (unpaired) electrons. The largest absolute Gasteiger partial charge is 0.481 e. The minimum atomic E-state index is -1.03. The van der Waals surface area contributed by atoms with Gasteiger partial charge in [0.2, 0.25) is 5.91 Å². The van der Waals surface area contributed by atoms with Crippen LogP contribution in [0.1, 0.15) is 25.7 Å². The van der Waals surface area contributed by atoms with Gasteiger partial charge in [0.05, 0.1) is 5.92 Å². The molecule has 2 aliphatic rings. The summed E-state index contributed by atoms with van der Waals surface area (Å²) in [5.74, 6) is -2.50. The van der Waals surface area contributed by atoms with Crippen molar-refractivity contribution in [3.8, 4) is 0 Å². The molecule has 0 heterocycles. The highest BCUT2D eigenvalue weighted by molar-refractivity contribution is 5.83. The van der Waals surface area contributed by atoms with E-state index < -0.39 is 11.9 Å². The van der Waals surface area contributed by atoms with Crippen molar-refractivity contribution in [3.63, 3.8) is 0 Å². The van der Waals surface area contributed by atoms with Crippen LogP contribution in [-0.2, 0) is 14.4 Å². The Balaban J connectivity index is 1.92. The van der Waals surface area contributed by atoms with Gasteiger partial charge in [0.15, 0.2) is 0 Å². The summed E-state index contributed by atoms with van der Waals surface area (Å²) in [7, 11) is 1.48. The van der Waals surface area contributed by atoms with E-state index in [-0.39, 0.29) is 29.7 Å². The van der Waals surface area contributed by atoms with Gasteiger partial charge < -0.3 is 15.1 Å². The summed E-state index contributed by atoms with van der Waals surface area (Å²) in [6.45, 7) is -0.301. The summed E-state index contributed by atoms with van der Waals surface area (Å²) in [5.41, 5.74) is -0.184. The molecule has 2 aliphatic carbocycles. The minimum absolute atomic E-state index is 0.176. The normalized spacial score (nSPS) is 33.4. The molecule has 2 N–H and O–H groups in total. The highest BCUT2D eigenvalue weighted by atomic mass is 16.4. The number of hydrogen-bond donors (Lipinski definition) is 2. The lowest BCUT2D eigenvalue weighted by molar-refractivity contribution is -0.145. The van der Waals surface area contributed by atoms with E-state index in [1.54, 1.807) is 0 Å². The number of carbonyl (C=O) groups is 3. The maximum absolute atomic E-state index is 12.0. The Hall–Kier alpha value is -1.59. The summed E-state index contributed by atoms with van der Waals surface area (Å²) in [6, 6.07) is 0. The van der Waals surface area contributed by atoms with Gasteiger partial charge in [-0.2, -0.15) is 0 Å². The van der Waals surface area contributed by atoms with Crippen LogP contribution in [-0.4, -0.2) is 46.6 Å². The van der Waals surface area contributed by atoms with Gasteiger partial charge >= 0.3 is 11.9 Å². The van der Waals surface area contributed by atoms with Gasteiger partial charge in [-0.3, -0.25) is 14.4 Å². The van der Waals surface area contributed by atoms with E-state index >= 15 is 0 Å². The van der Waals surface area contributed by atoms with Crippen molar-refractivity contribution in [1.29, 1.82) is 0 Å². The van der Waals surface area contributed by atoms with Crippen LogP contribution in [0.5, 0.6) is 0 Å².